The highest BCUT2D eigenvalue weighted by Crippen LogP contribution is 2.34. The summed E-state index contributed by atoms with van der Waals surface area (Å²) < 4.78 is 39.1. The third-order valence-corrected chi connectivity index (χ3v) is 4.13. The molecule has 0 heterocycles. The number of hydrogen-bond acceptors (Lipinski definition) is 2. The van der Waals surface area contributed by atoms with Crippen LogP contribution in [0.3, 0.4) is 0 Å². The molecule has 0 amide bonds. The topological polar surface area (TPSA) is 38.0 Å². The van der Waals surface area contributed by atoms with Crippen LogP contribution in [0.25, 0.3) is 0 Å². The Labute approximate surface area is 127 Å². The summed E-state index contributed by atoms with van der Waals surface area (Å²) in [7, 11) is 0. The van der Waals surface area contributed by atoms with Crippen molar-refractivity contribution in [2.75, 3.05) is 11.9 Å². The van der Waals surface area contributed by atoms with Gasteiger partial charge in [-0.1, -0.05) is 31.5 Å². The summed E-state index contributed by atoms with van der Waals surface area (Å²) in [6.07, 6.45) is 1.51. The zero-order valence-corrected chi connectivity index (χ0v) is 12.5. The normalized spacial score (nSPS) is 16.7. The van der Waals surface area contributed by atoms with Gasteiger partial charge in [0.15, 0.2) is 0 Å². The van der Waals surface area contributed by atoms with Crippen molar-refractivity contribution in [1.29, 1.82) is 0 Å². The van der Waals surface area contributed by atoms with Gasteiger partial charge in [-0.25, -0.2) is 0 Å². The Morgan fingerprint density at radius 3 is 2.48 bits per heavy atom. The molecule has 0 radical (unpaired) electrons. The van der Waals surface area contributed by atoms with Crippen LogP contribution in [0, 0.1) is 5.92 Å². The van der Waals surface area contributed by atoms with Crippen molar-refractivity contribution in [1.82, 2.24) is 0 Å². The predicted octanol–water partition coefficient (Wildman–Crippen LogP) is 4.33. The number of benzene rings is 1. The maximum absolute atomic E-state index is 13.0. The van der Waals surface area contributed by atoms with Crippen molar-refractivity contribution in [2.45, 2.75) is 38.3 Å². The molecule has 0 bridgehead atoms. The van der Waals surface area contributed by atoms with E-state index in [4.69, 9.17) is 5.73 Å². The van der Waals surface area contributed by atoms with Crippen LogP contribution in [-0.2, 0) is 6.18 Å². The average Bonchev–Trinajstić information content (AvgIpc) is 2.45. The molecule has 0 saturated heterocycles. The number of halogens is 3. The summed E-state index contributed by atoms with van der Waals surface area (Å²) in [6.45, 7) is 0.712. The molecule has 1 saturated carbocycles. The summed E-state index contributed by atoms with van der Waals surface area (Å²) >= 11 is 4.69. The lowest BCUT2D eigenvalue weighted by Crippen LogP contribution is -2.20. The van der Waals surface area contributed by atoms with E-state index in [1.165, 1.54) is 25.3 Å². The molecule has 1 aliphatic carbocycles. The molecular weight excluding hydrogens is 297 g/mol. The molecule has 2 rings (SSSR count). The first-order valence-electron chi connectivity index (χ1n) is 7.13. The first-order chi connectivity index (χ1) is 9.88. The van der Waals surface area contributed by atoms with Crippen molar-refractivity contribution < 1.29 is 13.2 Å². The molecule has 116 valence electrons. The number of alkyl halides is 3. The van der Waals surface area contributed by atoms with Crippen molar-refractivity contribution in [2.24, 2.45) is 11.7 Å². The van der Waals surface area contributed by atoms with Crippen LogP contribution < -0.4 is 11.1 Å². The Morgan fingerprint density at radius 1 is 1.24 bits per heavy atom. The minimum Gasteiger partial charge on any atom is -0.389 e. The summed E-state index contributed by atoms with van der Waals surface area (Å²) in [5, 5.41) is 3.11. The molecule has 1 fully saturated rings. The van der Waals surface area contributed by atoms with Crippen molar-refractivity contribution in [3.8, 4) is 0 Å². The lowest BCUT2D eigenvalue weighted by molar-refractivity contribution is -0.137. The van der Waals surface area contributed by atoms with Gasteiger partial charge in [0.05, 0.1) is 5.56 Å². The van der Waals surface area contributed by atoms with E-state index in [9.17, 15) is 13.2 Å². The van der Waals surface area contributed by atoms with Gasteiger partial charge < -0.3 is 11.1 Å². The standard InChI is InChI=1S/C15H19F3N2S/c16-15(17,18)13-8-11(6-7-12(13)14(19)21)20-9-10-4-2-1-3-5-10/h6-8,10,20H,1-5,9H2,(H2,19,21). The number of thiocarbonyl (C=S) groups is 1. The van der Waals surface area contributed by atoms with Crippen molar-refractivity contribution >= 4 is 22.9 Å². The Balaban J connectivity index is 2.11. The van der Waals surface area contributed by atoms with Crippen LogP contribution in [0.4, 0.5) is 18.9 Å². The molecule has 0 unspecified atom stereocenters. The van der Waals surface area contributed by atoms with Crippen LogP contribution in [-0.4, -0.2) is 11.5 Å². The summed E-state index contributed by atoms with van der Waals surface area (Å²) in [5.41, 5.74) is 4.93. The Hall–Kier alpha value is -1.30. The lowest BCUT2D eigenvalue weighted by Gasteiger charge is -2.22. The molecule has 21 heavy (non-hydrogen) atoms. The highest BCUT2D eigenvalue weighted by atomic mass is 32.1. The maximum atomic E-state index is 13.0. The first kappa shape index (κ1) is 16.1. The van der Waals surface area contributed by atoms with Crippen LogP contribution in [0.5, 0.6) is 0 Å². The van der Waals surface area contributed by atoms with Crippen molar-refractivity contribution in [3.63, 3.8) is 0 Å². The quantitative estimate of drug-likeness (QED) is 0.812. The molecule has 0 spiro atoms. The smallest absolute Gasteiger partial charge is 0.389 e. The number of nitrogens with two attached hydrogens (primary N) is 1. The number of rotatable bonds is 4. The van der Waals surface area contributed by atoms with E-state index < -0.39 is 11.7 Å². The van der Waals surface area contributed by atoms with E-state index in [0.29, 0.717) is 18.2 Å². The van der Waals surface area contributed by atoms with Crippen LogP contribution in [0.15, 0.2) is 18.2 Å². The second-order valence-electron chi connectivity index (χ2n) is 5.51. The van der Waals surface area contributed by atoms with Gasteiger partial charge in [0.2, 0.25) is 0 Å². The number of nitrogens with one attached hydrogen (secondary N) is 1. The molecular formula is C15H19F3N2S. The molecule has 6 heteroatoms. The molecule has 0 aromatic heterocycles. The van der Waals surface area contributed by atoms with Gasteiger partial charge >= 0.3 is 6.18 Å². The molecule has 1 aromatic rings. The highest BCUT2D eigenvalue weighted by Gasteiger charge is 2.34. The summed E-state index contributed by atoms with van der Waals surface area (Å²) in [6, 6.07) is 4.04. The van der Waals surface area contributed by atoms with Gasteiger partial charge in [0.1, 0.15) is 4.99 Å². The molecule has 2 nitrogen and oxygen atoms in total. The molecule has 1 aromatic carbocycles. The number of hydrogen-bond donors (Lipinski definition) is 2. The van der Waals surface area contributed by atoms with Gasteiger partial charge in [-0.2, -0.15) is 13.2 Å². The monoisotopic (exact) mass is 316 g/mol. The average molecular weight is 316 g/mol. The first-order valence-corrected chi connectivity index (χ1v) is 7.53. The fourth-order valence-corrected chi connectivity index (χ4v) is 2.94. The molecule has 1 aliphatic rings. The highest BCUT2D eigenvalue weighted by molar-refractivity contribution is 7.80. The van der Waals surface area contributed by atoms with Crippen LogP contribution in [0.1, 0.15) is 43.2 Å². The van der Waals surface area contributed by atoms with Gasteiger partial charge in [0.25, 0.3) is 0 Å². The van der Waals surface area contributed by atoms with Gasteiger partial charge in [-0.05, 0) is 37.0 Å². The zero-order chi connectivity index (χ0) is 15.5. The molecule has 3 N–H and O–H groups in total. The maximum Gasteiger partial charge on any atom is 0.417 e. The third kappa shape index (κ3) is 4.33. The van der Waals surface area contributed by atoms with Gasteiger partial charge in [0, 0.05) is 17.8 Å². The third-order valence-electron chi connectivity index (χ3n) is 3.91. The Kier molecular flexibility index (Phi) is 5.08. The predicted molar refractivity (Wildman–Crippen MR) is 82.4 cm³/mol. The minimum atomic E-state index is -4.46. The van der Waals surface area contributed by atoms with E-state index in [0.717, 1.165) is 18.9 Å². The van der Waals surface area contributed by atoms with E-state index in [-0.39, 0.29) is 10.6 Å². The Bertz CT molecular complexity index is 508. The van der Waals surface area contributed by atoms with E-state index in [2.05, 4.69) is 17.5 Å². The van der Waals surface area contributed by atoms with E-state index in [1.807, 2.05) is 0 Å². The van der Waals surface area contributed by atoms with Gasteiger partial charge in [-0.15, -0.1) is 0 Å². The summed E-state index contributed by atoms with van der Waals surface area (Å²) in [5.74, 6) is 0.545. The fraction of sp³-hybridized carbons (Fsp3) is 0.533. The lowest BCUT2D eigenvalue weighted by atomic mass is 9.89. The van der Waals surface area contributed by atoms with Crippen LogP contribution in [0.2, 0.25) is 0 Å². The Morgan fingerprint density at radius 2 is 1.90 bits per heavy atom. The van der Waals surface area contributed by atoms with Crippen LogP contribution >= 0.6 is 12.2 Å². The fourth-order valence-electron chi connectivity index (χ4n) is 2.76. The SMILES string of the molecule is NC(=S)c1ccc(NCC2CCCCC2)cc1C(F)(F)F. The molecule has 0 atom stereocenters. The number of anilines is 1. The molecule has 0 aliphatic heterocycles. The van der Waals surface area contributed by atoms with E-state index >= 15 is 0 Å². The second-order valence-corrected chi connectivity index (χ2v) is 5.95. The largest absolute Gasteiger partial charge is 0.417 e. The van der Waals surface area contributed by atoms with Gasteiger partial charge in [-0.3, -0.25) is 0 Å². The van der Waals surface area contributed by atoms with Crippen molar-refractivity contribution in [3.05, 3.63) is 29.3 Å². The summed E-state index contributed by atoms with van der Waals surface area (Å²) in [4.78, 5) is -0.235. The van der Waals surface area contributed by atoms with E-state index in [1.54, 1.807) is 6.07 Å². The minimum absolute atomic E-state index is 0.124. The zero-order valence-electron chi connectivity index (χ0n) is 11.7. The second kappa shape index (κ2) is 6.64.